The van der Waals surface area contributed by atoms with Crippen molar-refractivity contribution in [1.29, 1.82) is 0 Å². The molecule has 0 aromatic heterocycles. The van der Waals surface area contributed by atoms with Crippen LogP contribution in [-0.2, 0) is 0 Å². The molecule has 1 N–H and O–H groups in total. The summed E-state index contributed by atoms with van der Waals surface area (Å²) in [5.74, 6) is -0.991. The highest BCUT2D eigenvalue weighted by Gasteiger charge is 2.24. The number of carbonyl (C=O) groups excluding carboxylic acids is 1. The number of hydrogen-bond acceptors (Lipinski definition) is 3. The highest BCUT2D eigenvalue weighted by atomic mass is 16.4. The summed E-state index contributed by atoms with van der Waals surface area (Å²) in [6.07, 6.45) is 1.96. The van der Waals surface area contributed by atoms with E-state index in [9.17, 15) is 9.59 Å². The van der Waals surface area contributed by atoms with Crippen LogP contribution in [0, 0.1) is 0 Å². The molecule has 108 valence electrons. The number of likely N-dealkylation sites (tertiary alicyclic amines) is 1. The van der Waals surface area contributed by atoms with Crippen LogP contribution >= 0.6 is 0 Å². The summed E-state index contributed by atoms with van der Waals surface area (Å²) >= 11 is 0. The van der Waals surface area contributed by atoms with Gasteiger partial charge in [-0.2, -0.15) is 0 Å². The lowest BCUT2D eigenvalue weighted by Gasteiger charge is -2.35. The lowest BCUT2D eigenvalue weighted by atomic mass is 10.0. The average molecular weight is 276 g/mol. The van der Waals surface area contributed by atoms with Crippen molar-refractivity contribution in [2.75, 3.05) is 27.2 Å². The van der Waals surface area contributed by atoms with Gasteiger partial charge in [-0.3, -0.25) is 4.79 Å². The molecule has 0 bridgehead atoms. The van der Waals surface area contributed by atoms with Crippen LogP contribution in [0.4, 0.5) is 0 Å². The zero-order chi connectivity index (χ0) is 14.7. The van der Waals surface area contributed by atoms with Gasteiger partial charge < -0.3 is 14.9 Å². The molecule has 0 atom stereocenters. The van der Waals surface area contributed by atoms with E-state index in [4.69, 9.17) is 5.11 Å². The van der Waals surface area contributed by atoms with Crippen LogP contribution in [0.2, 0.25) is 0 Å². The molecule has 0 spiro atoms. The van der Waals surface area contributed by atoms with Crippen molar-refractivity contribution in [3.05, 3.63) is 35.4 Å². The minimum Gasteiger partial charge on any atom is -0.478 e. The molecule has 1 aromatic carbocycles. The molecule has 2 rings (SSSR count). The number of aromatic carboxylic acids is 1. The Morgan fingerprint density at radius 1 is 1.10 bits per heavy atom. The van der Waals surface area contributed by atoms with Crippen molar-refractivity contribution < 1.29 is 14.7 Å². The Labute approximate surface area is 118 Å². The molecule has 0 aliphatic carbocycles. The number of carbonyl (C=O) groups is 2. The van der Waals surface area contributed by atoms with E-state index in [0.717, 1.165) is 25.9 Å². The van der Waals surface area contributed by atoms with Crippen LogP contribution in [0.1, 0.15) is 33.6 Å². The number of rotatable bonds is 3. The van der Waals surface area contributed by atoms with Crippen LogP contribution in [0.5, 0.6) is 0 Å². The first kappa shape index (κ1) is 14.5. The summed E-state index contributed by atoms with van der Waals surface area (Å²) in [6.45, 7) is 1.50. The Morgan fingerprint density at radius 2 is 1.60 bits per heavy atom. The van der Waals surface area contributed by atoms with Gasteiger partial charge in [0.25, 0.3) is 5.91 Å². The first-order valence-electron chi connectivity index (χ1n) is 6.78. The standard InChI is InChI=1S/C15H20N2O3/c1-16(2)13-7-9-17(10-8-13)14(18)11-3-5-12(6-4-11)15(19)20/h3-6,13H,7-10H2,1-2H3,(H,19,20). The monoisotopic (exact) mass is 276 g/mol. The quantitative estimate of drug-likeness (QED) is 0.910. The van der Waals surface area contributed by atoms with Gasteiger partial charge in [0.15, 0.2) is 0 Å². The van der Waals surface area contributed by atoms with Gasteiger partial charge in [-0.15, -0.1) is 0 Å². The Hall–Kier alpha value is -1.88. The van der Waals surface area contributed by atoms with Gasteiger partial charge in [0.1, 0.15) is 0 Å². The number of carboxylic acids is 1. The lowest BCUT2D eigenvalue weighted by Crippen LogP contribution is -2.44. The SMILES string of the molecule is CN(C)C1CCN(C(=O)c2ccc(C(=O)O)cc2)CC1. The van der Waals surface area contributed by atoms with E-state index in [1.54, 1.807) is 12.1 Å². The van der Waals surface area contributed by atoms with Crippen molar-refractivity contribution in [2.24, 2.45) is 0 Å². The summed E-state index contributed by atoms with van der Waals surface area (Å²) in [6, 6.07) is 6.66. The number of benzene rings is 1. The van der Waals surface area contributed by atoms with Crippen molar-refractivity contribution >= 4 is 11.9 Å². The van der Waals surface area contributed by atoms with Gasteiger partial charge in [0, 0.05) is 24.7 Å². The summed E-state index contributed by atoms with van der Waals surface area (Å²) in [4.78, 5) is 27.1. The summed E-state index contributed by atoms with van der Waals surface area (Å²) in [5.41, 5.74) is 0.756. The third kappa shape index (κ3) is 3.17. The third-order valence-corrected chi connectivity index (χ3v) is 3.86. The van der Waals surface area contributed by atoms with E-state index < -0.39 is 5.97 Å². The fourth-order valence-corrected chi connectivity index (χ4v) is 2.52. The number of amides is 1. The van der Waals surface area contributed by atoms with Gasteiger partial charge in [-0.05, 0) is 51.2 Å². The van der Waals surface area contributed by atoms with E-state index in [0.29, 0.717) is 11.6 Å². The molecule has 0 radical (unpaired) electrons. The molecule has 1 aromatic rings. The van der Waals surface area contributed by atoms with Gasteiger partial charge in [0.2, 0.25) is 0 Å². The fourth-order valence-electron chi connectivity index (χ4n) is 2.52. The van der Waals surface area contributed by atoms with Gasteiger partial charge in [0.05, 0.1) is 5.56 Å². The normalized spacial score (nSPS) is 16.4. The zero-order valence-corrected chi connectivity index (χ0v) is 11.9. The van der Waals surface area contributed by atoms with E-state index in [-0.39, 0.29) is 11.5 Å². The maximum absolute atomic E-state index is 12.3. The van der Waals surface area contributed by atoms with Crippen LogP contribution < -0.4 is 0 Å². The minimum atomic E-state index is -0.976. The van der Waals surface area contributed by atoms with Crippen LogP contribution in [0.25, 0.3) is 0 Å². The number of piperidine rings is 1. The smallest absolute Gasteiger partial charge is 0.335 e. The Bertz CT molecular complexity index is 488. The van der Waals surface area contributed by atoms with Gasteiger partial charge >= 0.3 is 5.97 Å². The second kappa shape index (κ2) is 6.05. The Balaban J connectivity index is 2.00. The maximum Gasteiger partial charge on any atom is 0.335 e. The van der Waals surface area contributed by atoms with Crippen LogP contribution in [-0.4, -0.2) is 60.0 Å². The second-order valence-electron chi connectivity index (χ2n) is 5.37. The van der Waals surface area contributed by atoms with E-state index >= 15 is 0 Å². The van der Waals surface area contributed by atoms with Gasteiger partial charge in [-0.25, -0.2) is 4.79 Å². The molecule has 1 heterocycles. The van der Waals surface area contributed by atoms with E-state index in [1.165, 1.54) is 12.1 Å². The van der Waals surface area contributed by atoms with Crippen LogP contribution in [0.3, 0.4) is 0 Å². The largest absolute Gasteiger partial charge is 0.478 e. The Kier molecular flexibility index (Phi) is 4.39. The Morgan fingerprint density at radius 3 is 2.05 bits per heavy atom. The topological polar surface area (TPSA) is 60.9 Å². The van der Waals surface area contributed by atoms with E-state index in [2.05, 4.69) is 19.0 Å². The predicted molar refractivity (Wildman–Crippen MR) is 76.0 cm³/mol. The average Bonchev–Trinajstić information content (AvgIpc) is 2.46. The number of hydrogen-bond donors (Lipinski definition) is 1. The molecule has 5 heteroatoms. The maximum atomic E-state index is 12.3. The first-order valence-corrected chi connectivity index (χ1v) is 6.78. The number of nitrogens with zero attached hydrogens (tertiary/aromatic N) is 2. The summed E-state index contributed by atoms with van der Waals surface area (Å²) in [7, 11) is 4.12. The second-order valence-corrected chi connectivity index (χ2v) is 5.37. The van der Waals surface area contributed by atoms with Crippen LogP contribution in [0.15, 0.2) is 24.3 Å². The highest BCUT2D eigenvalue weighted by molar-refractivity contribution is 5.95. The summed E-state index contributed by atoms with van der Waals surface area (Å²) in [5, 5.41) is 8.84. The molecule has 0 unspecified atom stereocenters. The molecular formula is C15H20N2O3. The molecule has 0 saturated carbocycles. The highest BCUT2D eigenvalue weighted by Crippen LogP contribution is 2.17. The van der Waals surface area contributed by atoms with Gasteiger partial charge in [-0.1, -0.05) is 0 Å². The third-order valence-electron chi connectivity index (χ3n) is 3.86. The lowest BCUT2D eigenvalue weighted by molar-refractivity contribution is 0.0658. The molecule has 5 nitrogen and oxygen atoms in total. The first-order chi connectivity index (χ1) is 9.49. The fraction of sp³-hybridized carbons (Fsp3) is 0.467. The molecule has 1 aliphatic heterocycles. The van der Waals surface area contributed by atoms with Crippen molar-refractivity contribution in [2.45, 2.75) is 18.9 Å². The molecule has 1 aliphatic rings. The van der Waals surface area contributed by atoms with Crippen molar-refractivity contribution in [3.63, 3.8) is 0 Å². The molecule has 1 saturated heterocycles. The minimum absolute atomic E-state index is 0.0147. The molecule has 1 amide bonds. The van der Waals surface area contributed by atoms with Crippen molar-refractivity contribution in [3.8, 4) is 0 Å². The molecule has 20 heavy (non-hydrogen) atoms. The summed E-state index contributed by atoms with van der Waals surface area (Å²) < 4.78 is 0. The molecule has 1 fully saturated rings. The van der Waals surface area contributed by atoms with E-state index in [1.807, 2.05) is 4.90 Å². The van der Waals surface area contributed by atoms with Crippen molar-refractivity contribution in [1.82, 2.24) is 9.80 Å². The predicted octanol–water partition coefficient (Wildman–Crippen LogP) is 1.55. The molecular weight excluding hydrogens is 256 g/mol. The zero-order valence-electron chi connectivity index (χ0n) is 11.9. The number of carboxylic acid groups (broad SMARTS) is 1.